The van der Waals surface area contributed by atoms with Gasteiger partial charge in [0.2, 0.25) is 0 Å². The van der Waals surface area contributed by atoms with Crippen LogP contribution in [0.3, 0.4) is 0 Å². The van der Waals surface area contributed by atoms with Crippen LogP contribution in [0.15, 0.2) is 24.3 Å². The van der Waals surface area contributed by atoms with E-state index in [2.05, 4.69) is 20.8 Å². The maximum absolute atomic E-state index is 11.1. The molecule has 0 spiro atoms. The molecule has 1 nitrogen and oxygen atoms in total. The molecule has 0 unspecified atom stereocenters. The van der Waals surface area contributed by atoms with Crippen LogP contribution in [0.25, 0.3) is 0 Å². The van der Waals surface area contributed by atoms with Gasteiger partial charge >= 0.3 is 0 Å². The van der Waals surface area contributed by atoms with Gasteiger partial charge in [-0.25, -0.2) is 0 Å². The fourth-order valence-corrected chi connectivity index (χ4v) is 1.39. The number of fused-ring (bicyclic) bond motifs is 1. The summed E-state index contributed by atoms with van der Waals surface area (Å²) in [6, 6.07) is 7.84. The Morgan fingerprint density at radius 3 is 2.21 bits per heavy atom. The smallest absolute Gasteiger partial charge is 0.163 e. The lowest BCUT2D eigenvalue weighted by molar-refractivity contribution is 0.0994. The molecule has 0 saturated carbocycles. The van der Waals surface area contributed by atoms with Crippen molar-refractivity contribution in [2.45, 2.75) is 33.6 Å². The Labute approximate surface area is 86.1 Å². The summed E-state index contributed by atoms with van der Waals surface area (Å²) in [6.45, 7) is 6.50. The largest absolute Gasteiger partial charge is 0.294 e. The van der Waals surface area contributed by atoms with Gasteiger partial charge in [-0.3, -0.25) is 4.79 Å². The number of Topliss-reactive ketones (excluding diaryl/α,β-unsaturated/α-hetero) is 1. The van der Waals surface area contributed by atoms with Gasteiger partial charge < -0.3 is 0 Å². The van der Waals surface area contributed by atoms with Crippen LogP contribution in [-0.2, 0) is 6.42 Å². The summed E-state index contributed by atoms with van der Waals surface area (Å²) >= 11 is 0. The average molecular weight is 190 g/mol. The van der Waals surface area contributed by atoms with Gasteiger partial charge in [0.15, 0.2) is 5.78 Å². The van der Waals surface area contributed by atoms with Crippen molar-refractivity contribution in [2.75, 3.05) is 0 Å². The highest BCUT2D eigenvalue weighted by atomic mass is 16.1. The Bertz CT molecular complexity index is 310. The van der Waals surface area contributed by atoms with E-state index in [0.717, 1.165) is 17.9 Å². The van der Waals surface area contributed by atoms with E-state index in [0.29, 0.717) is 12.2 Å². The van der Waals surface area contributed by atoms with Crippen LogP contribution >= 0.6 is 0 Å². The molecule has 0 radical (unpaired) electrons. The minimum Gasteiger partial charge on any atom is -0.294 e. The van der Waals surface area contributed by atoms with E-state index in [1.807, 2.05) is 24.3 Å². The summed E-state index contributed by atoms with van der Waals surface area (Å²) < 4.78 is 0. The molecule has 0 saturated heterocycles. The lowest BCUT2D eigenvalue weighted by Gasteiger charge is -1.92. The molecule has 0 aromatic heterocycles. The van der Waals surface area contributed by atoms with E-state index in [-0.39, 0.29) is 0 Å². The van der Waals surface area contributed by atoms with Crippen LogP contribution in [0.5, 0.6) is 0 Å². The van der Waals surface area contributed by atoms with Crippen LogP contribution in [0.2, 0.25) is 0 Å². The number of benzene rings is 1. The third-order valence-corrected chi connectivity index (χ3v) is 1.94. The molecule has 14 heavy (non-hydrogen) atoms. The SMILES string of the molecule is CC(C)C.O=C1CCc2ccccc21. The van der Waals surface area contributed by atoms with Crippen LogP contribution in [0.1, 0.15) is 43.1 Å². The Morgan fingerprint density at radius 2 is 1.64 bits per heavy atom. The topological polar surface area (TPSA) is 17.1 Å². The molecule has 1 aromatic carbocycles. The van der Waals surface area contributed by atoms with E-state index in [1.54, 1.807) is 0 Å². The number of hydrogen-bond donors (Lipinski definition) is 0. The molecule has 1 heteroatoms. The second-order valence-corrected chi connectivity index (χ2v) is 4.31. The number of carbonyl (C=O) groups is 1. The zero-order chi connectivity index (χ0) is 10.6. The first-order chi connectivity index (χ1) is 6.61. The number of carbonyl (C=O) groups excluding carboxylic acids is 1. The van der Waals surface area contributed by atoms with Gasteiger partial charge in [-0.05, 0) is 17.9 Å². The van der Waals surface area contributed by atoms with E-state index < -0.39 is 0 Å². The maximum atomic E-state index is 11.1. The second kappa shape index (κ2) is 4.94. The zero-order valence-corrected chi connectivity index (χ0v) is 9.21. The molecule has 0 fully saturated rings. The van der Waals surface area contributed by atoms with Crippen molar-refractivity contribution in [2.24, 2.45) is 5.92 Å². The quantitative estimate of drug-likeness (QED) is 0.612. The standard InChI is InChI=1S/C9H8O.C4H10/c10-9-6-5-7-3-1-2-4-8(7)9;1-4(2)3/h1-4H,5-6H2;4H,1-3H3. The van der Waals surface area contributed by atoms with Crippen LogP contribution in [0, 0.1) is 5.92 Å². The molecular weight excluding hydrogens is 172 g/mol. The van der Waals surface area contributed by atoms with Crippen LogP contribution in [0.4, 0.5) is 0 Å². The number of aryl methyl sites for hydroxylation is 1. The molecule has 1 aliphatic rings. The monoisotopic (exact) mass is 190 g/mol. The first-order valence-corrected chi connectivity index (χ1v) is 5.22. The molecule has 0 heterocycles. The third-order valence-electron chi connectivity index (χ3n) is 1.94. The average Bonchev–Trinajstić information content (AvgIpc) is 2.48. The summed E-state index contributed by atoms with van der Waals surface area (Å²) in [5, 5.41) is 0. The number of hydrogen-bond acceptors (Lipinski definition) is 1. The summed E-state index contributed by atoms with van der Waals surface area (Å²) in [6.07, 6.45) is 1.65. The number of ketones is 1. The second-order valence-electron chi connectivity index (χ2n) is 4.31. The summed E-state index contributed by atoms with van der Waals surface area (Å²) in [5.74, 6) is 1.13. The summed E-state index contributed by atoms with van der Waals surface area (Å²) in [7, 11) is 0. The molecule has 0 N–H and O–H groups in total. The fourth-order valence-electron chi connectivity index (χ4n) is 1.39. The highest BCUT2D eigenvalue weighted by Gasteiger charge is 2.17. The lowest BCUT2D eigenvalue weighted by Crippen LogP contribution is -1.88. The molecule has 2 rings (SSSR count). The molecule has 1 aliphatic carbocycles. The van der Waals surface area contributed by atoms with Gasteiger partial charge in [0.1, 0.15) is 0 Å². The Morgan fingerprint density at radius 1 is 1.07 bits per heavy atom. The van der Waals surface area contributed by atoms with Gasteiger partial charge in [-0.2, -0.15) is 0 Å². The molecule has 0 aliphatic heterocycles. The normalized spacial score (nSPS) is 13.6. The van der Waals surface area contributed by atoms with Gasteiger partial charge in [-0.1, -0.05) is 45.0 Å². The molecule has 0 atom stereocenters. The van der Waals surface area contributed by atoms with E-state index in [1.165, 1.54) is 5.56 Å². The molecule has 0 amide bonds. The van der Waals surface area contributed by atoms with Gasteiger partial charge in [0.05, 0.1) is 0 Å². The van der Waals surface area contributed by atoms with Crippen molar-refractivity contribution in [1.29, 1.82) is 0 Å². The Hall–Kier alpha value is -1.11. The first-order valence-electron chi connectivity index (χ1n) is 5.22. The molecule has 0 bridgehead atoms. The maximum Gasteiger partial charge on any atom is 0.163 e. The van der Waals surface area contributed by atoms with E-state index >= 15 is 0 Å². The van der Waals surface area contributed by atoms with Gasteiger partial charge in [-0.15, -0.1) is 0 Å². The van der Waals surface area contributed by atoms with E-state index in [9.17, 15) is 4.79 Å². The van der Waals surface area contributed by atoms with Crippen molar-refractivity contribution < 1.29 is 4.79 Å². The highest BCUT2D eigenvalue weighted by molar-refractivity contribution is 6.00. The molecule has 1 aromatic rings. The van der Waals surface area contributed by atoms with E-state index in [4.69, 9.17) is 0 Å². The Balaban J connectivity index is 0.000000213. The fraction of sp³-hybridized carbons (Fsp3) is 0.462. The van der Waals surface area contributed by atoms with Gasteiger partial charge in [0.25, 0.3) is 0 Å². The van der Waals surface area contributed by atoms with Crippen molar-refractivity contribution in [3.05, 3.63) is 35.4 Å². The summed E-state index contributed by atoms with van der Waals surface area (Å²) in [4.78, 5) is 11.1. The predicted octanol–water partition coefficient (Wildman–Crippen LogP) is 3.48. The Kier molecular flexibility index (Phi) is 3.87. The zero-order valence-electron chi connectivity index (χ0n) is 9.21. The predicted molar refractivity (Wildman–Crippen MR) is 59.6 cm³/mol. The van der Waals surface area contributed by atoms with Crippen LogP contribution < -0.4 is 0 Å². The third kappa shape index (κ3) is 2.99. The van der Waals surface area contributed by atoms with Gasteiger partial charge in [0, 0.05) is 12.0 Å². The minimum absolute atomic E-state index is 0.301. The highest BCUT2D eigenvalue weighted by Crippen LogP contribution is 2.20. The van der Waals surface area contributed by atoms with Crippen molar-refractivity contribution in [3.63, 3.8) is 0 Å². The lowest BCUT2D eigenvalue weighted by atomic mass is 10.1. The number of rotatable bonds is 0. The summed E-state index contributed by atoms with van der Waals surface area (Å²) in [5.41, 5.74) is 2.15. The molecule has 76 valence electrons. The van der Waals surface area contributed by atoms with Crippen molar-refractivity contribution in [1.82, 2.24) is 0 Å². The first kappa shape index (κ1) is 11.0. The van der Waals surface area contributed by atoms with Crippen LogP contribution in [-0.4, -0.2) is 5.78 Å². The van der Waals surface area contributed by atoms with Crippen molar-refractivity contribution >= 4 is 5.78 Å². The van der Waals surface area contributed by atoms with Crippen molar-refractivity contribution in [3.8, 4) is 0 Å². The minimum atomic E-state index is 0.301. The molecular formula is C13H18O.